The number of ether oxygens (including phenoxy) is 2. The van der Waals surface area contributed by atoms with E-state index in [0.717, 1.165) is 12.3 Å². The predicted molar refractivity (Wildman–Crippen MR) is 94.7 cm³/mol. The number of carbonyl (C=O) groups is 2. The fourth-order valence-electron chi connectivity index (χ4n) is 1.99. The van der Waals surface area contributed by atoms with Crippen LogP contribution in [0.15, 0.2) is 12.1 Å². The molecule has 142 valence electrons. The molecule has 2 amide bonds. The van der Waals surface area contributed by atoms with Crippen molar-refractivity contribution in [2.24, 2.45) is 0 Å². The Bertz CT molecular complexity index is 711. The lowest BCUT2D eigenvalue weighted by Crippen LogP contribution is -2.28. The molecule has 0 atom stereocenters. The maximum Gasteiger partial charge on any atom is 0.412 e. The second kappa shape index (κ2) is 8.79. The highest BCUT2D eigenvalue weighted by atomic mass is 16.6. The SMILES string of the molecule is CCOC(=O)NCc1cc([N+](=O)[O-])cc(NC(=O)OC(C)(C)C)c1C=N. The van der Waals surface area contributed by atoms with Gasteiger partial charge in [-0.2, -0.15) is 0 Å². The average molecular weight is 366 g/mol. The van der Waals surface area contributed by atoms with Gasteiger partial charge in [0.2, 0.25) is 0 Å². The summed E-state index contributed by atoms with van der Waals surface area (Å²) in [6.07, 6.45) is -0.583. The summed E-state index contributed by atoms with van der Waals surface area (Å²) in [5.74, 6) is 0. The van der Waals surface area contributed by atoms with Crippen LogP contribution in [0.1, 0.15) is 38.8 Å². The van der Waals surface area contributed by atoms with Crippen molar-refractivity contribution in [1.29, 1.82) is 5.41 Å². The molecular formula is C16H22N4O6. The molecule has 1 rings (SSSR count). The molecule has 1 aromatic carbocycles. The van der Waals surface area contributed by atoms with Crippen LogP contribution in [-0.2, 0) is 16.0 Å². The van der Waals surface area contributed by atoms with Gasteiger partial charge in [0.05, 0.1) is 17.2 Å². The number of hydrogen-bond donors (Lipinski definition) is 3. The Hall–Kier alpha value is -3.17. The molecule has 0 spiro atoms. The van der Waals surface area contributed by atoms with Crippen molar-refractivity contribution < 1.29 is 24.0 Å². The van der Waals surface area contributed by atoms with Gasteiger partial charge in [-0.25, -0.2) is 9.59 Å². The van der Waals surface area contributed by atoms with Gasteiger partial charge in [0, 0.05) is 30.5 Å². The molecule has 3 N–H and O–H groups in total. The number of non-ortho nitro benzene ring substituents is 1. The topological polar surface area (TPSA) is 144 Å². The van der Waals surface area contributed by atoms with E-state index in [4.69, 9.17) is 14.9 Å². The lowest BCUT2D eigenvalue weighted by molar-refractivity contribution is -0.384. The van der Waals surface area contributed by atoms with Crippen LogP contribution in [0.4, 0.5) is 21.0 Å². The minimum absolute atomic E-state index is 0.0316. The molecule has 0 aromatic heterocycles. The lowest BCUT2D eigenvalue weighted by Gasteiger charge is -2.20. The number of rotatable bonds is 6. The summed E-state index contributed by atoms with van der Waals surface area (Å²) in [5, 5.41) is 23.6. The summed E-state index contributed by atoms with van der Waals surface area (Å²) in [4.78, 5) is 33.9. The number of benzene rings is 1. The van der Waals surface area contributed by atoms with Gasteiger partial charge in [-0.3, -0.25) is 15.4 Å². The number of nitro groups is 1. The largest absolute Gasteiger partial charge is 0.450 e. The zero-order valence-electron chi connectivity index (χ0n) is 15.0. The molecule has 0 unspecified atom stereocenters. The molecule has 10 nitrogen and oxygen atoms in total. The number of amides is 2. The van der Waals surface area contributed by atoms with Crippen LogP contribution in [0, 0.1) is 15.5 Å². The van der Waals surface area contributed by atoms with Crippen molar-refractivity contribution in [3.8, 4) is 0 Å². The maximum absolute atomic E-state index is 12.0. The third-order valence-corrected chi connectivity index (χ3v) is 2.94. The summed E-state index contributed by atoms with van der Waals surface area (Å²) in [5.41, 5.74) is -0.554. The highest BCUT2D eigenvalue weighted by Gasteiger charge is 2.21. The predicted octanol–water partition coefficient (Wildman–Crippen LogP) is 3.19. The molecule has 0 radical (unpaired) electrons. The zero-order chi connectivity index (χ0) is 19.9. The molecule has 0 aliphatic rings. The van der Waals surface area contributed by atoms with Crippen LogP contribution >= 0.6 is 0 Å². The van der Waals surface area contributed by atoms with E-state index in [2.05, 4.69) is 10.6 Å². The molecule has 0 bridgehead atoms. The van der Waals surface area contributed by atoms with Crippen LogP contribution in [0.2, 0.25) is 0 Å². The maximum atomic E-state index is 12.0. The van der Waals surface area contributed by atoms with Crippen molar-refractivity contribution in [3.05, 3.63) is 33.4 Å². The van der Waals surface area contributed by atoms with Crippen molar-refractivity contribution in [1.82, 2.24) is 5.32 Å². The van der Waals surface area contributed by atoms with Crippen molar-refractivity contribution in [3.63, 3.8) is 0 Å². The van der Waals surface area contributed by atoms with Gasteiger partial charge < -0.3 is 20.2 Å². The Morgan fingerprint density at radius 2 is 1.96 bits per heavy atom. The Morgan fingerprint density at radius 1 is 1.31 bits per heavy atom. The molecule has 0 heterocycles. The van der Waals surface area contributed by atoms with Gasteiger partial charge in [0.25, 0.3) is 5.69 Å². The zero-order valence-corrected chi connectivity index (χ0v) is 15.0. The van der Waals surface area contributed by atoms with E-state index < -0.39 is 22.7 Å². The number of carbonyl (C=O) groups excluding carboxylic acids is 2. The first-order chi connectivity index (χ1) is 12.1. The monoisotopic (exact) mass is 366 g/mol. The third kappa shape index (κ3) is 6.38. The van der Waals surface area contributed by atoms with Crippen LogP contribution in [-0.4, -0.2) is 35.5 Å². The summed E-state index contributed by atoms with van der Waals surface area (Å²) >= 11 is 0. The molecule has 0 aliphatic carbocycles. The molecular weight excluding hydrogens is 344 g/mol. The number of alkyl carbamates (subject to hydrolysis) is 1. The number of nitro benzene ring substituents is 1. The van der Waals surface area contributed by atoms with Gasteiger partial charge in [0.15, 0.2) is 0 Å². The van der Waals surface area contributed by atoms with E-state index in [1.165, 1.54) is 6.07 Å². The van der Waals surface area contributed by atoms with Gasteiger partial charge in [-0.05, 0) is 33.3 Å². The van der Waals surface area contributed by atoms with E-state index in [1.54, 1.807) is 27.7 Å². The van der Waals surface area contributed by atoms with Crippen LogP contribution < -0.4 is 10.6 Å². The molecule has 1 aromatic rings. The summed E-state index contributed by atoms with van der Waals surface area (Å²) < 4.78 is 9.86. The normalized spacial score (nSPS) is 10.6. The van der Waals surface area contributed by atoms with Gasteiger partial charge >= 0.3 is 12.2 Å². The first-order valence-corrected chi connectivity index (χ1v) is 7.79. The molecule has 0 fully saturated rings. The van der Waals surface area contributed by atoms with Crippen molar-refractivity contribution in [2.75, 3.05) is 11.9 Å². The van der Waals surface area contributed by atoms with E-state index in [1.807, 2.05) is 0 Å². The minimum Gasteiger partial charge on any atom is -0.450 e. The molecule has 0 saturated carbocycles. The molecule has 10 heteroatoms. The van der Waals surface area contributed by atoms with Crippen molar-refractivity contribution in [2.45, 2.75) is 39.8 Å². The molecule has 26 heavy (non-hydrogen) atoms. The van der Waals surface area contributed by atoms with Gasteiger partial charge in [0.1, 0.15) is 5.60 Å². The van der Waals surface area contributed by atoms with Crippen LogP contribution in [0.25, 0.3) is 0 Å². The first-order valence-electron chi connectivity index (χ1n) is 7.79. The van der Waals surface area contributed by atoms with Gasteiger partial charge in [-0.1, -0.05) is 0 Å². The highest BCUT2D eigenvalue weighted by Crippen LogP contribution is 2.26. The van der Waals surface area contributed by atoms with E-state index in [0.29, 0.717) is 0 Å². The average Bonchev–Trinajstić information content (AvgIpc) is 2.50. The van der Waals surface area contributed by atoms with Crippen LogP contribution in [0.5, 0.6) is 0 Å². The van der Waals surface area contributed by atoms with E-state index >= 15 is 0 Å². The second-order valence-corrected chi connectivity index (χ2v) is 6.17. The Morgan fingerprint density at radius 3 is 2.46 bits per heavy atom. The smallest absolute Gasteiger partial charge is 0.412 e. The first kappa shape index (κ1) is 20.9. The molecule has 0 saturated heterocycles. The third-order valence-electron chi connectivity index (χ3n) is 2.94. The number of nitrogens with one attached hydrogen (secondary N) is 3. The Labute approximate surface area is 150 Å². The molecule has 0 aliphatic heterocycles. The van der Waals surface area contributed by atoms with E-state index in [-0.39, 0.29) is 35.7 Å². The number of nitrogens with zero attached hydrogens (tertiary/aromatic N) is 1. The Kier molecular flexibility index (Phi) is 7.06. The fraction of sp³-hybridized carbons (Fsp3) is 0.438. The summed E-state index contributed by atoms with van der Waals surface area (Å²) in [6.45, 7) is 6.71. The second-order valence-electron chi connectivity index (χ2n) is 6.17. The Balaban J connectivity index is 3.18. The fourth-order valence-corrected chi connectivity index (χ4v) is 1.99. The van der Waals surface area contributed by atoms with Crippen LogP contribution in [0.3, 0.4) is 0 Å². The van der Waals surface area contributed by atoms with Gasteiger partial charge in [-0.15, -0.1) is 0 Å². The van der Waals surface area contributed by atoms with Crippen molar-refractivity contribution >= 4 is 29.8 Å². The van der Waals surface area contributed by atoms with E-state index in [9.17, 15) is 19.7 Å². The quantitative estimate of drug-likeness (QED) is 0.401. The minimum atomic E-state index is -0.814. The highest BCUT2D eigenvalue weighted by molar-refractivity contribution is 5.96. The summed E-state index contributed by atoms with van der Waals surface area (Å²) in [7, 11) is 0. The standard InChI is InChI=1S/C16H22N4O6/c1-5-25-14(21)18-9-10-6-11(20(23)24)7-13(12(10)8-17)19-15(22)26-16(2,3)4/h6-8,17H,5,9H2,1-4H3,(H,18,21)(H,19,22). The number of hydrogen-bond acceptors (Lipinski definition) is 7. The number of anilines is 1. The summed E-state index contributed by atoms with van der Waals surface area (Å²) in [6, 6.07) is 2.34. The lowest BCUT2D eigenvalue weighted by atomic mass is 10.0.